The number of ether oxygens (including phenoxy) is 1. The number of carbonyl (C=O) groups is 1. The molecule has 0 aliphatic rings. The first-order valence-electron chi connectivity index (χ1n) is 12.7. The molecule has 0 bridgehead atoms. The second-order valence-electron chi connectivity index (χ2n) is 10.8. The fourth-order valence-electron chi connectivity index (χ4n) is 4.02. The number of hydrogen-bond donors (Lipinski definition) is 2. The number of hydrogen-bond acceptors (Lipinski definition) is 5. The Morgan fingerprint density at radius 3 is 2.35 bits per heavy atom. The Kier molecular flexibility index (Phi) is 8.06. The molecule has 2 heterocycles. The summed E-state index contributed by atoms with van der Waals surface area (Å²) in [5.41, 5.74) is 2.89. The van der Waals surface area contributed by atoms with Crippen molar-refractivity contribution in [1.29, 1.82) is 0 Å². The number of halogens is 3. The van der Waals surface area contributed by atoms with E-state index in [1.807, 2.05) is 44.2 Å². The third-order valence-electron chi connectivity index (χ3n) is 6.28. The van der Waals surface area contributed by atoms with Crippen LogP contribution in [0.2, 0.25) is 0 Å². The fourth-order valence-corrected chi connectivity index (χ4v) is 4.02. The van der Waals surface area contributed by atoms with Crippen LogP contribution in [0.3, 0.4) is 0 Å². The number of alkyl halides is 3. The zero-order chi connectivity index (χ0) is 29.2. The van der Waals surface area contributed by atoms with Crippen LogP contribution in [0.25, 0.3) is 22.2 Å². The van der Waals surface area contributed by atoms with Crippen LogP contribution in [0.1, 0.15) is 32.0 Å². The topological polar surface area (TPSA) is 84.3 Å². The molecule has 0 unspecified atom stereocenters. The van der Waals surface area contributed by atoms with Crippen LogP contribution >= 0.6 is 0 Å². The maximum Gasteiger partial charge on any atom is 0.416 e. The van der Waals surface area contributed by atoms with E-state index < -0.39 is 17.8 Å². The summed E-state index contributed by atoms with van der Waals surface area (Å²) in [7, 11) is 5.55. The molecule has 0 saturated heterocycles. The van der Waals surface area contributed by atoms with Gasteiger partial charge in [0.2, 0.25) is 0 Å². The summed E-state index contributed by atoms with van der Waals surface area (Å²) in [6.45, 7) is 7.08. The van der Waals surface area contributed by atoms with Crippen LogP contribution in [0.5, 0.6) is 5.75 Å². The zero-order valence-electron chi connectivity index (χ0n) is 23.3. The first-order chi connectivity index (χ1) is 18.7. The highest BCUT2D eigenvalue weighted by Crippen LogP contribution is 2.36. The Morgan fingerprint density at radius 1 is 1.02 bits per heavy atom. The maximum absolute atomic E-state index is 13.3. The molecule has 0 aliphatic carbocycles. The third-order valence-corrected chi connectivity index (χ3v) is 6.28. The van der Waals surface area contributed by atoms with E-state index in [-0.39, 0.29) is 23.5 Å². The monoisotopic (exact) mass is 554 g/mol. The number of aryl methyl sites for hydroxylation is 1. The van der Waals surface area contributed by atoms with Gasteiger partial charge in [-0.2, -0.15) is 18.3 Å². The van der Waals surface area contributed by atoms with Crippen LogP contribution in [0, 0.1) is 0 Å². The summed E-state index contributed by atoms with van der Waals surface area (Å²) in [5.74, 6) is 0.146. The van der Waals surface area contributed by atoms with Crippen LogP contribution in [-0.2, 0) is 18.6 Å². The molecule has 40 heavy (non-hydrogen) atoms. The minimum Gasteiger partial charge on any atom is -0.490 e. The summed E-state index contributed by atoms with van der Waals surface area (Å²) in [5, 5.41) is 10.4. The van der Waals surface area contributed by atoms with Gasteiger partial charge in [-0.1, -0.05) is 32.9 Å². The van der Waals surface area contributed by atoms with Gasteiger partial charge < -0.3 is 20.3 Å². The molecule has 2 N–H and O–H groups in total. The van der Waals surface area contributed by atoms with Gasteiger partial charge >= 0.3 is 12.2 Å². The molecule has 2 aromatic carbocycles. The summed E-state index contributed by atoms with van der Waals surface area (Å²) in [4.78, 5) is 19.5. The Labute approximate surface area is 231 Å². The molecule has 8 nitrogen and oxygen atoms in total. The van der Waals surface area contributed by atoms with Gasteiger partial charge in [-0.15, -0.1) is 0 Å². The summed E-state index contributed by atoms with van der Waals surface area (Å²) in [6.07, 6.45) is -2.79. The van der Waals surface area contributed by atoms with E-state index in [4.69, 9.17) is 9.72 Å². The van der Waals surface area contributed by atoms with Gasteiger partial charge in [0.25, 0.3) is 0 Å². The minimum atomic E-state index is -4.57. The Hall–Kier alpha value is -4.12. The molecule has 2 amide bonds. The van der Waals surface area contributed by atoms with Crippen molar-refractivity contribution in [2.45, 2.75) is 32.4 Å². The van der Waals surface area contributed by atoms with E-state index in [2.05, 4.69) is 36.5 Å². The number of carbonyl (C=O) groups excluding carboxylic acids is 1. The number of nitrogens with one attached hydrogen (secondary N) is 2. The lowest BCUT2D eigenvalue weighted by molar-refractivity contribution is -0.137. The number of fused-ring (bicyclic) bond motifs is 1. The van der Waals surface area contributed by atoms with Crippen molar-refractivity contribution in [1.82, 2.24) is 19.7 Å². The Bertz CT molecular complexity index is 1510. The molecule has 212 valence electrons. The van der Waals surface area contributed by atoms with Crippen LogP contribution in [0.15, 0.2) is 54.7 Å². The van der Waals surface area contributed by atoms with Crippen molar-refractivity contribution in [2.24, 2.45) is 7.05 Å². The van der Waals surface area contributed by atoms with Crippen molar-refractivity contribution in [3.05, 3.63) is 66.0 Å². The van der Waals surface area contributed by atoms with Gasteiger partial charge in [0.05, 0.1) is 17.4 Å². The molecule has 0 saturated carbocycles. The molecule has 2 aromatic heterocycles. The lowest BCUT2D eigenvalue weighted by Gasteiger charge is -2.19. The smallest absolute Gasteiger partial charge is 0.416 e. The highest BCUT2D eigenvalue weighted by atomic mass is 19.4. The third kappa shape index (κ3) is 6.71. The highest BCUT2D eigenvalue weighted by Gasteiger charge is 2.31. The normalized spacial score (nSPS) is 12.2. The summed E-state index contributed by atoms with van der Waals surface area (Å²) >= 11 is 0. The lowest BCUT2D eigenvalue weighted by atomic mass is 9.89. The first-order valence-corrected chi connectivity index (χ1v) is 12.7. The summed E-state index contributed by atoms with van der Waals surface area (Å²) < 4.78 is 47.3. The number of nitrogens with zero attached hydrogens (tertiary/aromatic N) is 4. The van der Waals surface area contributed by atoms with E-state index in [0.29, 0.717) is 12.2 Å². The molecular formula is C29H33F3N6O2. The first kappa shape index (κ1) is 28.9. The van der Waals surface area contributed by atoms with Gasteiger partial charge in [0.15, 0.2) is 5.65 Å². The van der Waals surface area contributed by atoms with Crippen LogP contribution in [0.4, 0.5) is 29.3 Å². The van der Waals surface area contributed by atoms with E-state index in [1.54, 1.807) is 23.0 Å². The van der Waals surface area contributed by atoms with E-state index >= 15 is 0 Å². The zero-order valence-corrected chi connectivity index (χ0v) is 23.3. The van der Waals surface area contributed by atoms with Crippen molar-refractivity contribution < 1.29 is 22.7 Å². The molecule has 0 spiro atoms. The number of rotatable bonds is 7. The SMILES string of the molecule is CN(C)CCOc1ccc(C(F)(F)F)cc1NC(=O)Nc1ccc(-c2cc(C(C)(C)C)nc3c2cnn3C)cc1. The quantitative estimate of drug-likeness (QED) is 0.271. The fraction of sp³-hybridized carbons (Fsp3) is 0.345. The number of benzene rings is 2. The van der Waals surface area contributed by atoms with E-state index in [9.17, 15) is 18.0 Å². The van der Waals surface area contributed by atoms with Gasteiger partial charge in [-0.05, 0) is 61.6 Å². The largest absolute Gasteiger partial charge is 0.490 e. The second kappa shape index (κ2) is 11.2. The molecule has 4 aromatic rings. The van der Waals surface area contributed by atoms with Crippen molar-refractivity contribution in [3.63, 3.8) is 0 Å². The average molecular weight is 555 g/mol. The Balaban J connectivity index is 1.55. The standard InChI is InChI=1S/C29H33F3N6O2/c1-28(2,3)25-16-21(22-17-33-38(6)26(22)36-25)18-7-10-20(11-8-18)34-27(39)35-23-15-19(29(30,31)32)9-12-24(23)40-14-13-37(4)5/h7-12,15-17H,13-14H2,1-6H3,(H2,34,35,39). The van der Waals surface area contributed by atoms with Crippen molar-refractivity contribution in [2.75, 3.05) is 37.9 Å². The lowest BCUT2D eigenvalue weighted by Crippen LogP contribution is -2.22. The maximum atomic E-state index is 13.3. The highest BCUT2D eigenvalue weighted by molar-refractivity contribution is 6.01. The molecule has 0 atom stereocenters. The number of aromatic nitrogens is 3. The van der Waals surface area contributed by atoms with Gasteiger partial charge in [-0.3, -0.25) is 4.68 Å². The van der Waals surface area contributed by atoms with Gasteiger partial charge in [0, 0.05) is 35.8 Å². The molecule has 0 fully saturated rings. The Morgan fingerprint density at radius 2 is 1.73 bits per heavy atom. The van der Waals surface area contributed by atoms with Crippen molar-refractivity contribution >= 4 is 28.4 Å². The number of urea groups is 1. The minimum absolute atomic E-state index is 0.0758. The second-order valence-corrected chi connectivity index (χ2v) is 10.8. The molecule has 11 heteroatoms. The van der Waals surface area contributed by atoms with Crippen molar-refractivity contribution in [3.8, 4) is 16.9 Å². The predicted octanol–water partition coefficient (Wildman–Crippen LogP) is 6.54. The number of amides is 2. The average Bonchev–Trinajstić information content (AvgIpc) is 3.24. The summed E-state index contributed by atoms with van der Waals surface area (Å²) in [6, 6.07) is 11.5. The molecule has 0 aliphatic heterocycles. The predicted molar refractivity (Wildman–Crippen MR) is 151 cm³/mol. The molecular weight excluding hydrogens is 521 g/mol. The van der Waals surface area contributed by atoms with Gasteiger partial charge in [-0.25, -0.2) is 9.78 Å². The number of anilines is 2. The van der Waals surface area contributed by atoms with E-state index in [1.165, 1.54) is 6.07 Å². The van der Waals surface area contributed by atoms with Crippen LogP contribution < -0.4 is 15.4 Å². The molecule has 4 rings (SSSR count). The number of likely N-dealkylation sites (N-methyl/N-ethyl adjacent to an activating group) is 1. The number of pyridine rings is 1. The molecule has 0 radical (unpaired) electrons. The van der Waals surface area contributed by atoms with E-state index in [0.717, 1.165) is 40.0 Å². The van der Waals surface area contributed by atoms with Gasteiger partial charge in [0.1, 0.15) is 12.4 Å². The van der Waals surface area contributed by atoms with Crippen LogP contribution in [-0.4, -0.2) is 52.9 Å².